The van der Waals surface area contributed by atoms with Crippen LogP contribution in [-0.4, -0.2) is 23.6 Å². The average Bonchev–Trinajstić information content (AvgIpc) is 2.85. The number of nitrogens with zero attached hydrogens (tertiary/aromatic N) is 1. The third-order valence-electron chi connectivity index (χ3n) is 5.70. The Labute approximate surface area is 203 Å². The highest BCUT2D eigenvalue weighted by Gasteiger charge is 2.15. The molecule has 182 valence electrons. The Bertz CT molecular complexity index is 941. The highest BCUT2D eigenvalue weighted by atomic mass is 19.1. The molecule has 0 atom stereocenters. The van der Waals surface area contributed by atoms with Crippen LogP contribution < -0.4 is 5.32 Å². The van der Waals surface area contributed by atoms with Crippen LogP contribution in [0.2, 0.25) is 0 Å². The first kappa shape index (κ1) is 27.0. The van der Waals surface area contributed by atoms with Crippen LogP contribution in [0.1, 0.15) is 63.0 Å². The monoisotopic (exact) mass is 464 g/mol. The van der Waals surface area contributed by atoms with Crippen LogP contribution in [0.5, 0.6) is 0 Å². The van der Waals surface area contributed by atoms with Gasteiger partial charge in [0, 0.05) is 18.2 Å². The molecule has 0 heterocycles. The summed E-state index contributed by atoms with van der Waals surface area (Å²) in [5.74, 6) is 0.540. The van der Waals surface area contributed by atoms with Gasteiger partial charge in [0.2, 0.25) is 0 Å². The van der Waals surface area contributed by atoms with Crippen LogP contribution in [0.4, 0.5) is 4.39 Å². The van der Waals surface area contributed by atoms with E-state index in [9.17, 15) is 9.18 Å². The molecule has 0 bridgehead atoms. The summed E-state index contributed by atoms with van der Waals surface area (Å²) in [5, 5.41) is 11.6. The first-order valence-electron chi connectivity index (χ1n) is 12.1. The first-order chi connectivity index (χ1) is 16.5. The molecule has 1 aliphatic carbocycles. The van der Waals surface area contributed by atoms with E-state index in [2.05, 4.69) is 60.6 Å². The molecule has 3 rings (SSSR count). The number of carboxylic acids is 1. The van der Waals surface area contributed by atoms with Gasteiger partial charge in [-0.15, -0.1) is 0 Å². The lowest BCUT2D eigenvalue weighted by Crippen LogP contribution is -2.18. The van der Waals surface area contributed by atoms with Crippen molar-refractivity contribution < 1.29 is 14.3 Å². The summed E-state index contributed by atoms with van der Waals surface area (Å²) in [7, 11) is 0. The number of rotatable bonds is 8. The summed E-state index contributed by atoms with van der Waals surface area (Å²) >= 11 is 0. The van der Waals surface area contributed by atoms with Gasteiger partial charge in [0.1, 0.15) is 12.5 Å². The smallest absolute Gasteiger partial charge is 0.303 e. The fourth-order valence-corrected chi connectivity index (χ4v) is 3.82. The molecule has 1 aliphatic rings. The quantitative estimate of drug-likeness (QED) is 0.315. The molecular formula is C29H37FN2O2. The summed E-state index contributed by atoms with van der Waals surface area (Å²) in [6, 6.07) is 16.6. The second kappa shape index (κ2) is 15.6. The third-order valence-corrected chi connectivity index (χ3v) is 5.70. The van der Waals surface area contributed by atoms with Gasteiger partial charge in [-0.3, -0.25) is 4.79 Å². The number of aliphatic imine (C=N–C) groups is 1. The van der Waals surface area contributed by atoms with Crippen molar-refractivity contribution in [2.75, 3.05) is 6.67 Å². The predicted molar refractivity (Wildman–Crippen MR) is 140 cm³/mol. The molecule has 5 heteroatoms. The van der Waals surface area contributed by atoms with Gasteiger partial charge < -0.3 is 10.4 Å². The van der Waals surface area contributed by atoms with Gasteiger partial charge in [-0.2, -0.15) is 0 Å². The highest BCUT2D eigenvalue weighted by molar-refractivity contribution is 6.00. The van der Waals surface area contributed by atoms with E-state index in [0.29, 0.717) is 18.2 Å². The molecule has 0 aliphatic heterocycles. The number of halogens is 1. The van der Waals surface area contributed by atoms with Crippen molar-refractivity contribution >= 4 is 11.8 Å². The Kier molecular flexibility index (Phi) is 12.4. The van der Waals surface area contributed by atoms with Crippen LogP contribution in [0.25, 0.3) is 11.1 Å². The molecule has 1 saturated carbocycles. The topological polar surface area (TPSA) is 61.7 Å². The van der Waals surface area contributed by atoms with Crippen molar-refractivity contribution in [1.29, 1.82) is 0 Å². The molecule has 4 nitrogen and oxygen atoms in total. The van der Waals surface area contributed by atoms with Gasteiger partial charge in [-0.05, 0) is 55.5 Å². The van der Waals surface area contributed by atoms with Gasteiger partial charge in [-0.25, -0.2) is 9.38 Å². The van der Waals surface area contributed by atoms with Crippen molar-refractivity contribution in [2.24, 2.45) is 10.9 Å². The number of hydrogen-bond acceptors (Lipinski definition) is 2. The number of allylic oxidation sites excluding steroid dienone is 2. The first-order valence-corrected chi connectivity index (χ1v) is 12.1. The largest absolute Gasteiger partial charge is 0.481 e. The number of nitrogens with one attached hydrogen (secondary N) is 1. The third kappa shape index (κ3) is 10.2. The second-order valence-corrected chi connectivity index (χ2v) is 8.52. The average molecular weight is 465 g/mol. The number of alkyl halides is 1. The summed E-state index contributed by atoms with van der Waals surface area (Å²) in [4.78, 5) is 14.6. The summed E-state index contributed by atoms with van der Waals surface area (Å²) in [6.07, 6.45) is 14.1. The Balaban J connectivity index is 0.000000340. The number of hydrogen-bond donors (Lipinski definition) is 2. The zero-order valence-corrected chi connectivity index (χ0v) is 20.3. The number of carboxylic acid groups (broad SMARTS) is 1. The Morgan fingerprint density at radius 2 is 1.65 bits per heavy atom. The van der Waals surface area contributed by atoms with E-state index in [1.54, 1.807) is 0 Å². The SMILES string of the molecule is CC/C=C/NC(=N/C=C/CF)c1ccc(-c2ccc(C)cc2)cc1.O=C(O)CC1CCCCC1. The fourth-order valence-electron chi connectivity index (χ4n) is 3.82. The van der Waals surface area contributed by atoms with Crippen LogP contribution in [0.15, 0.2) is 78.1 Å². The zero-order chi connectivity index (χ0) is 24.6. The Morgan fingerprint density at radius 3 is 2.21 bits per heavy atom. The molecule has 2 aromatic carbocycles. The lowest BCUT2D eigenvalue weighted by Gasteiger charge is -2.18. The van der Waals surface area contributed by atoms with E-state index in [1.807, 2.05) is 24.4 Å². The van der Waals surface area contributed by atoms with Crippen molar-refractivity contribution in [3.05, 3.63) is 84.2 Å². The van der Waals surface area contributed by atoms with E-state index in [-0.39, 0.29) is 0 Å². The molecule has 34 heavy (non-hydrogen) atoms. The standard InChI is InChI=1S/C21H23FN2.C8H14O2/c1-3-4-15-23-21(24-16-5-14-22)20-12-10-19(11-13-20)18-8-6-17(2)7-9-18;9-8(10)6-7-4-2-1-3-5-7/h4-13,15-16H,3,14H2,1-2H3,(H,23,24);7H,1-6H2,(H,9,10)/b15-4+,16-5+;. The zero-order valence-electron chi connectivity index (χ0n) is 20.3. The molecule has 0 saturated heterocycles. The Hall–Kier alpha value is -3.21. The van der Waals surface area contributed by atoms with Gasteiger partial charge in [0.15, 0.2) is 0 Å². The number of aryl methyl sites for hydroxylation is 1. The summed E-state index contributed by atoms with van der Waals surface area (Å²) in [6.45, 7) is 3.62. The minimum atomic E-state index is -0.632. The van der Waals surface area contributed by atoms with E-state index in [1.165, 1.54) is 42.7 Å². The number of amidine groups is 1. The van der Waals surface area contributed by atoms with Crippen molar-refractivity contribution in [3.8, 4) is 11.1 Å². The van der Waals surface area contributed by atoms with E-state index in [0.717, 1.165) is 30.4 Å². The van der Waals surface area contributed by atoms with Gasteiger partial charge >= 0.3 is 5.97 Å². The molecule has 0 amide bonds. The van der Waals surface area contributed by atoms with Gasteiger partial charge in [0.25, 0.3) is 0 Å². The van der Waals surface area contributed by atoms with E-state index < -0.39 is 12.6 Å². The summed E-state index contributed by atoms with van der Waals surface area (Å²) in [5.41, 5.74) is 4.54. The van der Waals surface area contributed by atoms with Crippen molar-refractivity contribution in [3.63, 3.8) is 0 Å². The summed E-state index contributed by atoms with van der Waals surface area (Å²) < 4.78 is 12.2. The second-order valence-electron chi connectivity index (χ2n) is 8.52. The van der Waals surface area contributed by atoms with Crippen LogP contribution in [-0.2, 0) is 4.79 Å². The maximum Gasteiger partial charge on any atom is 0.303 e. The molecule has 1 fully saturated rings. The van der Waals surface area contributed by atoms with E-state index >= 15 is 0 Å². The number of aliphatic carboxylic acids is 1. The van der Waals surface area contributed by atoms with Gasteiger partial charge in [0.05, 0.1) is 0 Å². The van der Waals surface area contributed by atoms with Crippen molar-refractivity contribution in [2.45, 2.75) is 58.8 Å². The minimum Gasteiger partial charge on any atom is -0.481 e. The van der Waals surface area contributed by atoms with Gasteiger partial charge in [-0.1, -0.05) is 86.4 Å². The highest BCUT2D eigenvalue weighted by Crippen LogP contribution is 2.26. The van der Waals surface area contributed by atoms with Crippen LogP contribution >= 0.6 is 0 Å². The lowest BCUT2D eigenvalue weighted by molar-refractivity contribution is -0.138. The predicted octanol–water partition coefficient (Wildman–Crippen LogP) is 7.45. The molecule has 2 aromatic rings. The van der Waals surface area contributed by atoms with E-state index in [4.69, 9.17) is 5.11 Å². The van der Waals surface area contributed by atoms with Crippen LogP contribution in [0.3, 0.4) is 0 Å². The molecule has 2 N–H and O–H groups in total. The fraction of sp³-hybridized carbons (Fsp3) is 0.379. The molecule has 0 unspecified atom stereocenters. The molecule has 0 aromatic heterocycles. The maximum atomic E-state index is 12.2. The molecular weight excluding hydrogens is 427 g/mol. The number of carbonyl (C=O) groups is 1. The normalized spacial score (nSPS) is 14.7. The maximum absolute atomic E-state index is 12.2. The lowest BCUT2D eigenvalue weighted by atomic mass is 9.87. The Morgan fingerprint density at radius 1 is 1.03 bits per heavy atom. The molecule has 0 radical (unpaired) electrons. The van der Waals surface area contributed by atoms with Crippen molar-refractivity contribution in [1.82, 2.24) is 5.32 Å². The minimum absolute atomic E-state index is 0.389. The molecule has 0 spiro atoms. The number of benzene rings is 2. The van der Waals surface area contributed by atoms with Crippen LogP contribution in [0, 0.1) is 12.8 Å².